The Labute approximate surface area is 70.3 Å². The van der Waals surface area contributed by atoms with Crippen molar-refractivity contribution >= 4 is 4.15 Å². The standard InChI is InChI=1S/C7H5FN.W/c1-6(4-8)3-7(2)5-9;/h2-3H,1H3;/q-1;/b6-3-;. The molecule has 0 N–H and O–H groups in total. The van der Waals surface area contributed by atoms with Gasteiger partial charge in [0, 0.05) is 0 Å². The molecule has 0 aromatic rings. The van der Waals surface area contributed by atoms with Crippen molar-refractivity contribution in [3.05, 3.63) is 23.8 Å². The van der Waals surface area contributed by atoms with E-state index in [9.17, 15) is 4.39 Å². The van der Waals surface area contributed by atoms with Crippen molar-refractivity contribution in [3.63, 3.8) is 0 Å². The third-order valence-corrected chi connectivity index (χ3v) is 1.97. The average Bonchev–Trinajstić information content (AvgIpc) is 1.87. The van der Waals surface area contributed by atoms with E-state index in [1.807, 2.05) is 0 Å². The van der Waals surface area contributed by atoms with Gasteiger partial charge < -0.3 is 0 Å². The minimum atomic E-state index is -0.238. The summed E-state index contributed by atoms with van der Waals surface area (Å²) >= 11 is 0.745. The molecule has 0 fully saturated rings. The van der Waals surface area contributed by atoms with E-state index in [0.29, 0.717) is 5.57 Å². The van der Waals surface area contributed by atoms with Gasteiger partial charge in [0.25, 0.3) is 0 Å². The van der Waals surface area contributed by atoms with Crippen LogP contribution in [0.25, 0.3) is 0 Å². The summed E-state index contributed by atoms with van der Waals surface area (Å²) in [7, 11) is 0. The molecule has 0 aliphatic heterocycles. The molecule has 0 aliphatic carbocycles. The summed E-state index contributed by atoms with van der Waals surface area (Å²) < 4.78 is 12.1. The molecular formula is C7H5FNW-. The van der Waals surface area contributed by atoms with Crippen molar-refractivity contribution in [1.29, 1.82) is 5.26 Å². The molecule has 0 bridgehead atoms. The first-order chi connectivity index (χ1) is 4.57. The third-order valence-electron chi connectivity index (χ3n) is 0.811. The Hall–Kier alpha value is -0.542. The zero-order chi connectivity index (χ0) is 8.15. The Balaban J connectivity index is 4.35. The van der Waals surface area contributed by atoms with Crippen LogP contribution in [-0.2, 0) is 19.4 Å². The van der Waals surface area contributed by atoms with E-state index in [1.54, 1.807) is 13.0 Å². The van der Waals surface area contributed by atoms with Crippen LogP contribution in [0, 0.1) is 17.9 Å². The van der Waals surface area contributed by atoms with Crippen molar-refractivity contribution in [2.75, 3.05) is 0 Å². The van der Waals surface area contributed by atoms with Gasteiger partial charge in [0.05, 0.1) is 0 Å². The maximum absolute atomic E-state index is 12.3. The second-order valence-electron chi connectivity index (χ2n) is 1.67. The molecule has 0 unspecified atom stereocenters. The molecular weight excluding hydrogens is 301 g/mol. The van der Waals surface area contributed by atoms with E-state index in [2.05, 4.69) is 0 Å². The van der Waals surface area contributed by atoms with Crippen molar-refractivity contribution in [2.45, 2.75) is 6.92 Å². The van der Waals surface area contributed by atoms with Crippen LogP contribution in [0.5, 0.6) is 0 Å². The summed E-state index contributed by atoms with van der Waals surface area (Å²) in [6.45, 7) is 6.70. The normalized spacial score (nSPS) is 10.3. The van der Waals surface area contributed by atoms with E-state index < -0.39 is 0 Å². The predicted octanol–water partition coefficient (Wildman–Crippen LogP) is 1.46. The van der Waals surface area contributed by atoms with Gasteiger partial charge >= 0.3 is 70.0 Å². The molecule has 0 aromatic carbocycles. The number of nitriles is 1. The van der Waals surface area contributed by atoms with Crippen LogP contribution in [0.3, 0.4) is 0 Å². The van der Waals surface area contributed by atoms with Crippen LogP contribution in [-0.4, -0.2) is 4.15 Å². The van der Waals surface area contributed by atoms with E-state index >= 15 is 0 Å². The van der Waals surface area contributed by atoms with E-state index in [0.717, 1.165) is 19.4 Å². The van der Waals surface area contributed by atoms with Crippen LogP contribution in [0.4, 0.5) is 4.39 Å². The molecule has 10 heavy (non-hydrogen) atoms. The topological polar surface area (TPSA) is 23.8 Å². The Morgan fingerprint density at radius 1 is 1.80 bits per heavy atom. The van der Waals surface area contributed by atoms with Crippen LogP contribution in [0.15, 0.2) is 17.2 Å². The molecule has 0 spiro atoms. The first kappa shape index (κ1) is 9.46. The van der Waals surface area contributed by atoms with Gasteiger partial charge in [0.2, 0.25) is 0 Å². The molecule has 0 saturated heterocycles. The van der Waals surface area contributed by atoms with E-state index in [-0.39, 0.29) is 9.72 Å². The fourth-order valence-electron chi connectivity index (χ4n) is 0.322. The third kappa shape index (κ3) is 3.48. The van der Waals surface area contributed by atoms with Crippen molar-refractivity contribution in [3.8, 4) is 6.07 Å². The zero-order valence-corrected chi connectivity index (χ0v) is 8.32. The number of halogens is 1. The van der Waals surface area contributed by atoms with Gasteiger partial charge in [-0.3, -0.25) is 0 Å². The Bertz CT molecular complexity index is 234. The molecule has 0 saturated carbocycles. The van der Waals surface area contributed by atoms with Gasteiger partial charge in [0.15, 0.2) is 0 Å². The van der Waals surface area contributed by atoms with Gasteiger partial charge in [-0.2, -0.15) is 0 Å². The summed E-state index contributed by atoms with van der Waals surface area (Å²) in [5, 5.41) is 8.18. The molecule has 0 amide bonds. The molecule has 0 atom stereocenters. The monoisotopic (exact) mass is 306 g/mol. The Morgan fingerprint density at radius 3 is 2.60 bits per heavy atom. The van der Waals surface area contributed by atoms with Crippen LogP contribution in [0.2, 0.25) is 0 Å². The number of nitrogens with zero attached hydrogens (tertiary/aromatic N) is 1. The number of hydrogen-bond acceptors (Lipinski definition) is 1. The molecule has 0 rings (SSSR count). The number of hydrogen-bond donors (Lipinski definition) is 0. The van der Waals surface area contributed by atoms with E-state index in [4.69, 9.17) is 11.8 Å². The van der Waals surface area contributed by atoms with Crippen molar-refractivity contribution < 1.29 is 23.7 Å². The molecule has 0 heterocycles. The van der Waals surface area contributed by atoms with Crippen LogP contribution in [0.1, 0.15) is 6.92 Å². The molecule has 0 aromatic heterocycles. The van der Waals surface area contributed by atoms with Gasteiger partial charge in [-0.05, 0) is 0 Å². The van der Waals surface area contributed by atoms with Crippen LogP contribution >= 0.6 is 0 Å². The summed E-state index contributed by atoms with van der Waals surface area (Å²) in [5.74, 6) is 0. The molecule has 52 valence electrons. The van der Waals surface area contributed by atoms with Gasteiger partial charge in [0.1, 0.15) is 0 Å². The van der Waals surface area contributed by atoms with Gasteiger partial charge in [-0.25, -0.2) is 0 Å². The van der Waals surface area contributed by atoms with Crippen LogP contribution < -0.4 is 0 Å². The Kier molecular flexibility index (Phi) is 4.07. The average molecular weight is 306 g/mol. The second-order valence-corrected chi connectivity index (χ2v) is 2.96. The SMILES string of the molecule is [CH-]=C(C#N)/C=C(/C)[C](F)=[W]. The summed E-state index contributed by atoms with van der Waals surface area (Å²) in [4.78, 5) is 0. The van der Waals surface area contributed by atoms with Crippen molar-refractivity contribution in [1.82, 2.24) is 0 Å². The van der Waals surface area contributed by atoms with Gasteiger partial charge in [-0.15, -0.1) is 0 Å². The molecule has 0 aliphatic rings. The molecule has 3 heteroatoms. The number of rotatable bonds is 2. The molecule has 0 radical (unpaired) electrons. The van der Waals surface area contributed by atoms with Crippen molar-refractivity contribution in [2.24, 2.45) is 0 Å². The summed E-state index contributed by atoms with van der Waals surface area (Å²) in [6.07, 6.45) is 1.32. The first-order valence-electron chi connectivity index (χ1n) is 2.48. The first-order valence-corrected chi connectivity index (χ1v) is 3.95. The zero-order valence-electron chi connectivity index (χ0n) is 5.39. The maximum atomic E-state index is 12.3. The Morgan fingerprint density at radius 2 is 2.30 bits per heavy atom. The number of allylic oxidation sites excluding steroid dienone is 3. The van der Waals surface area contributed by atoms with E-state index in [1.165, 1.54) is 6.08 Å². The summed E-state index contributed by atoms with van der Waals surface area (Å²) in [6, 6.07) is 1.70. The minimum absolute atomic E-state index is 0.0360. The predicted molar refractivity (Wildman–Crippen MR) is 33.3 cm³/mol. The second kappa shape index (κ2) is 4.30. The fraction of sp³-hybridized carbons (Fsp3) is 0.143. The quantitative estimate of drug-likeness (QED) is 0.430. The van der Waals surface area contributed by atoms with Gasteiger partial charge in [-0.1, -0.05) is 0 Å². The molecule has 1 nitrogen and oxygen atoms in total. The fourth-order valence-corrected chi connectivity index (χ4v) is 0.534. The summed E-state index contributed by atoms with van der Waals surface area (Å²) in [5.41, 5.74) is 0.461.